The summed E-state index contributed by atoms with van der Waals surface area (Å²) in [4.78, 5) is 12.2. The average molecular weight is 377 g/mol. The highest BCUT2D eigenvalue weighted by atomic mass is 16.5. The van der Waals surface area contributed by atoms with E-state index in [9.17, 15) is 4.79 Å². The number of carbonyl (C=O) groups is 1. The number of amides is 1. The van der Waals surface area contributed by atoms with Crippen molar-refractivity contribution in [3.63, 3.8) is 0 Å². The van der Waals surface area contributed by atoms with Crippen molar-refractivity contribution in [1.29, 1.82) is 0 Å². The molecule has 3 aromatic rings. The Balaban J connectivity index is 1.57. The van der Waals surface area contributed by atoms with Crippen LogP contribution in [0.2, 0.25) is 0 Å². The van der Waals surface area contributed by atoms with Crippen LogP contribution < -0.4 is 10.1 Å². The minimum absolute atomic E-state index is 0.0142. The van der Waals surface area contributed by atoms with Crippen molar-refractivity contribution in [2.24, 2.45) is 7.05 Å². The van der Waals surface area contributed by atoms with E-state index < -0.39 is 0 Å². The van der Waals surface area contributed by atoms with E-state index in [0.29, 0.717) is 0 Å². The van der Waals surface area contributed by atoms with Gasteiger partial charge >= 0.3 is 0 Å². The first-order valence-corrected chi connectivity index (χ1v) is 9.41. The Morgan fingerprint density at radius 3 is 2.39 bits per heavy atom. The third-order valence-electron chi connectivity index (χ3n) is 4.97. The van der Waals surface area contributed by atoms with Gasteiger partial charge in [-0.2, -0.15) is 5.10 Å². The van der Waals surface area contributed by atoms with Gasteiger partial charge in [-0.15, -0.1) is 0 Å². The van der Waals surface area contributed by atoms with Gasteiger partial charge < -0.3 is 10.1 Å². The molecule has 0 radical (unpaired) electrons. The fraction of sp³-hybridized carbons (Fsp3) is 0.304. The number of benzene rings is 2. The highest BCUT2D eigenvalue weighted by molar-refractivity contribution is 5.91. The van der Waals surface area contributed by atoms with Gasteiger partial charge in [0, 0.05) is 30.4 Å². The molecule has 5 nitrogen and oxygen atoms in total. The highest BCUT2D eigenvalue weighted by Gasteiger charge is 2.10. The molecule has 0 aliphatic carbocycles. The van der Waals surface area contributed by atoms with Gasteiger partial charge in [0.2, 0.25) is 0 Å². The second-order valence-electron chi connectivity index (χ2n) is 7.25. The Morgan fingerprint density at radius 2 is 1.79 bits per heavy atom. The van der Waals surface area contributed by atoms with Crippen molar-refractivity contribution in [2.75, 3.05) is 11.9 Å². The van der Waals surface area contributed by atoms with E-state index >= 15 is 0 Å². The van der Waals surface area contributed by atoms with Crippen LogP contribution in [0.25, 0.3) is 0 Å². The van der Waals surface area contributed by atoms with Gasteiger partial charge in [0.25, 0.3) is 5.91 Å². The van der Waals surface area contributed by atoms with E-state index in [1.165, 1.54) is 22.4 Å². The van der Waals surface area contributed by atoms with Gasteiger partial charge in [-0.25, -0.2) is 0 Å². The minimum atomic E-state index is -0.174. The quantitative estimate of drug-likeness (QED) is 0.698. The predicted octanol–water partition coefficient (Wildman–Crippen LogP) is 4.26. The smallest absolute Gasteiger partial charge is 0.262 e. The predicted molar refractivity (Wildman–Crippen MR) is 112 cm³/mol. The molecule has 0 saturated heterocycles. The van der Waals surface area contributed by atoms with Crippen molar-refractivity contribution in [2.45, 2.75) is 34.1 Å². The summed E-state index contributed by atoms with van der Waals surface area (Å²) < 4.78 is 7.55. The first-order chi connectivity index (χ1) is 13.3. The Kier molecular flexibility index (Phi) is 5.83. The average Bonchev–Trinajstić information content (AvgIpc) is 2.88. The molecule has 1 heterocycles. The summed E-state index contributed by atoms with van der Waals surface area (Å²) in [5, 5.41) is 7.35. The summed E-state index contributed by atoms with van der Waals surface area (Å²) in [6, 6.07) is 13.8. The number of nitrogens with zero attached hydrogens (tertiary/aromatic N) is 2. The number of hydrogen-bond acceptors (Lipinski definition) is 3. The lowest BCUT2D eigenvalue weighted by Gasteiger charge is -2.10. The van der Waals surface area contributed by atoms with E-state index in [4.69, 9.17) is 4.74 Å². The molecule has 1 amide bonds. The molecule has 0 saturated carbocycles. The second kappa shape index (κ2) is 8.30. The van der Waals surface area contributed by atoms with Gasteiger partial charge in [-0.05, 0) is 57.0 Å². The van der Waals surface area contributed by atoms with Crippen molar-refractivity contribution < 1.29 is 9.53 Å². The number of aryl methyl sites for hydroxylation is 4. The maximum absolute atomic E-state index is 12.2. The Morgan fingerprint density at radius 1 is 1.07 bits per heavy atom. The lowest BCUT2D eigenvalue weighted by Crippen LogP contribution is -2.20. The van der Waals surface area contributed by atoms with Crippen molar-refractivity contribution >= 4 is 11.6 Å². The van der Waals surface area contributed by atoms with E-state index in [2.05, 4.69) is 17.3 Å². The molecule has 0 unspecified atom stereocenters. The molecule has 1 N–H and O–H groups in total. The summed E-state index contributed by atoms with van der Waals surface area (Å²) in [5.41, 5.74) is 7.63. The van der Waals surface area contributed by atoms with E-state index in [0.717, 1.165) is 29.1 Å². The minimum Gasteiger partial charge on any atom is -0.483 e. The van der Waals surface area contributed by atoms with Crippen molar-refractivity contribution in [3.8, 4) is 5.75 Å². The summed E-state index contributed by atoms with van der Waals surface area (Å²) in [6.45, 7) is 8.11. The molecule has 2 aromatic carbocycles. The summed E-state index contributed by atoms with van der Waals surface area (Å²) >= 11 is 0. The Labute approximate surface area is 166 Å². The standard InChI is InChI=1S/C23H27N3O2/c1-15-6-11-22(16(2)12-15)28-14-23(27)24-20-9-7-19(8-10-20)13-21-17(3)25-26(5)18(21)4/h6-12H,13-14H2,1-5H3,(H,24,27). The van der Waals surface area contributed by atoms with Gasteiger partial charge in [0.15, 0.2) is 6.61 Å². The number of aromatic nitrogens is 2. The van der Waals surface area contributed by atoms with E-state index in [1.54, 1.807) is 0 Å². The first kappa shape index (κ1) is 19.7. The zero-order valence-electron chi connectivity index (χ0n) is 17.2. The van der Waals surface area contributed by atoms with Gasteiger partial charge in [0.05, 0.1) is 5.69 Å². The topological polar surface area (TPSA) is 56.1 Å². The summed E-state index contributed by atoms with van der Waals surface area (Å²) in [7, 11) is 1.96. The third kappa shape index (κ3) is 4.60. The maximum atomic E-state index is 12.2. The SMILES string of the molecule is Cc1ccc(OCC(=O)Nc2ccc(Cc3c(C)nn(C)c3C)cc2)c(C)c1. The molecule has 1 aromatic heterocycles. The lowest BCUT2D eigenvalue weighted by molar-refractivity contribution is -0.118. The first-order valence-electron chi connectivity index (χ1n) is 9.41. The van der Waals surface area contributed by atoms with Gasteiger partial charge in [-0.1, -0.05) is 29.8 Å². The lowest BCUT2D eigenvalue weighted by atomic mass is 10.0. The van der Waals surface area contributed by atoms with Crippen LogP contribution in [-0.4, -0.2) is 22.3 Å². The molecule has 28 heavy (non-hydrogen) atoms. The van der Waals surface area contributed by atoms with E-state index in [-0.39, 0.29) is 12.5 Å². The van der Waals surface area contributed by atoms with Crippen LogP contribution in [0.5, 0.6) is 5.75 Å². The number of nitrogens with one attached hydrogen (secondary N) is 1. The van der Waals surface area contributed by atoms with Crippen LogP contribution in [0.3, 0.4) is 0 Å². The number of rotatable bonds is 6. The van der Waals surface area contributed by atoms with Crippen LogP contribution in [0, 0.1) is 27.7 Å². The van der Waals surface area contributed by atoms with Crippen LogP contribution in [-0.2, 0) is 18.3 Å². The normalized spacial score (nSPS) is 10.8. The molecule has 3 rings (SSSR count). The van der Waals surface area contributed by atoms with Crippen LogP contribution in [0.1, 0.15) is 33.6 Å². The van der Waals surface area contributed by atoms with Crippen LogP contribution in [0.15, 0.2) is 42.5 Å². The van der Waals surface area contributed by atoms with Gasteiger partial charge in [0.1, 0.15) is 5.75 Å². The van der Waals surface area contributed by atoms with Gasteiger partial charge in [-0.3, -0.25) is 9.48 Å². The monoisotopic (exact) mass is 377 g/mol. The van der Waals surface area contributed by atoms with Crippen LogP contribution in [0.4, 0.5) is 5.69 Å². The number of anilines is 1. The largest absolute Gasteiger partial charge is 0.483 e. The molecule has 0 fully saturated rings. The molecule has 5 heteroatoms. The molecule has 0 bridgehead atoms. The highest BCUT2D eigenvalue weighted by Crippen LogP contribution is 2.20. The molecule has 0 spiro atoms. The Bertz CT molecular complexity index is 988. The molecule has 0 atom stereocenters. The molecular weight excluding hydrogens is 350 g/mol. The Hall–Kier alpha value is -3.08. The fourth-order valence-electron chi connectivity index (χ4n) is 3.29. The summed E-state index contributed by atoms with van der Waals surface area (Å²) in [5.74, 6) is 0.560. The fourth-order valence-corrected chi connectivity index (χ4v) is 3.29. The number of ether oxygens (including phenoxy) is 1. The van der Waals surface area contributed by atoms with Crippen molar-refractivity contribution in [1.82, 2.24) is 9.78 Å². The van der Waals surface area contributed by atoms with E-state index in [1.807, 2.05) is 75.0 Å². The zero-order chi connectivity index (χ0) is 20.3. The maximum Gasteiger partial charge on any atom is 0.262 e. The molecule has 146 valence electrons. The number of carbonyl (C=O) groups excluding carboxylic acids is 1. The molecular formula is C23H27N3O2. The number of hydrogen-bond donors (Lipinski definition) is 1. The molecule has 0 aliphatic rings. The summed E-state index contributed by atoms with van der Waals surface area (Å²) in [6.07, 6.45) is 0.829. The zero-order valence-corrected chi connectivity index (χ0v) is 17.2. The van der Waals surface area contributed by atoms with Crippen molar-refractivity contribution in [3.05, 3.63) is 76.1 Å². The van der Waals surface area contributed by atoms with Crippen LogP contribution >= 0.6 is 0 Å². The third-order valence-corrected chi connectivity index (χ3v) is 4.97. The second-order valence-corrected chi connectivity index (χ2v) is 7.25. The molecule has 0 aliphatic heterocycles.